The van der Waals surface area contributed by atoms with E-state index in [1.54, 1.807) is 6.92 Å². The van der Waals surface area contributed by atoms with Gasteiger partial charge in [-0.05, 0) is 42.8 Å². The Balaban J connectivity index is 2.07. The second kappa shape index (κ2) is 8.24. The summed E-state index contributed by atoms with van der Waals surface area (Å²) in [4.78, 5) is -0.372. The van der Waals surface area contributed by atoms with Gasteiger partial charge in [0.1, 0.15) is 0 Å². The van der Waals surface area contributed by atoms with Crippen LogP contribution in [-0.4, -0.2) is 26.7 Å². The Morgan fingerprint density at radius 2 is 1.78 bits per heavy atom. The van der Waals surface area contributed by atoms with Crippen LogP contribution >= 0.6 is 0 Å². The molecule has 0 saturated carbocycles. The standard InChI is InChI=1S/C17H17F4NO4S/c1-2-26-16-8-7-13(9-14(16)18)27(24,25)22-10-15(23)11-3-5-12(6-4-11)17(19,20)21/h3-9,15,22-23H,2,10H2,1H3. The lowest BCUT2D eigenvalue weighted by atomic mass is 10.1. The molecule has 0 aliphatic rings. The quantitative estimate of drug-likeness (QED) is 0.691. The number of sulfonamides is 1. The predicted molar refractivity (Wildman–Crippen MR) is 89.2 cm³/mol. The number of hydrogen-bond donors (Lipinski definition) is 2. The molecule has 0 fully saturated rings. The smallest absolute Gasteiger partial charge is 0.416 e. The van der Waals surface area contributed by atoms with E-state index >= 15 is 0 Å². The SMILES string of the molecule is CCOc1ccc(S(=O)(=O)NCC(O)c2ccc(C(F)(F)F)cc2)cc1F. The van der Waals surface area contributed by atoms with E-state index in [2.05, 4.69) is 4.72 Å². The first-order valence-electron chi connectivity index (χ1n) is 7.82. The Morgan fingerprint density at radius 1 is 1.15 bits per heavy atom. The number of alkyl halides is 3. The van der Waals surface area contributed by atoms with Crippen LogP contribution in [0.2, 0.25) is 0 Å². The molecule has 0 saturated heterocycles. The number of benzene rings is 2. The van der Waals surface area contributed by atoms with Crippen LogP contribution in [-0.2, 0) is 16.2 Å². The van der Waals surface area contributed by atoms with Crippen LogP contribution in [0.1, 0.15) is 24.2 Å². The zero-order chi connectivity index (χ0) is 20.2. The van der Waals surface area contributed by atoms with Crippen LogP contribution in [0.5, 0.6) is 5.75 Å². The van der Waals surface area contributed by atoms with Crippen molar-refractivity contribution < 1.29 is 35.8 Å². The van der Waals surface area contributed by atoms with Crippen molar-refractivity contribution in [3.05, 3.63) is 59.4 Å². The zero-order valence-electron chi connectivity index (χ0n) is 14.1. The number of rotatable bonds is 7. The number of aliphatic hydroxyl groups excluding tert-OH is 1. The average molecular weight is 407 g/mol. The fourth-order valence-electron chi connectivity index (χ4n) is 2.21. The molecule has 0 heterocycles. The molecule has 0 aromatic heterocycles. The minimum atomic E-state index is -4.51. The third-order valence-corrected chi connectivity index (χ3v) is 5.02. The Labute approximate surface area is 153 Å². The van der Waals surface area contributed by atoms with Crippen molar-refractivity contribution in [2.24, 2.45) is 0 Å². The van der Waals surface area contributed by atoms with Crippen LogP contribution in [0, 0.1) is 5.82 Å². The van der Waals surface area contributed by atoms with Crippen LogP contribution < -0.4 is 9.46 Å². The molecular formula is C17H17F4NO4S. The molecule has 0 aliphatic carbocycles. The normalized spacial score (nSPS) is 13.4. The topological polar surface area (TPSA) is 75.6 Å². The van der Waals surface area contributed by atoms with Crippen LogP contribution in [0.25, 0.3) is 0 Å². The van der Waals surface area contributed by atoms with Crippen molar-refractivity contribution >= 4 is 10.0 Å². The zero-order valence-corrected chi connectivity index (χ0v) is 14.9. The Hall–Kier alpha value is -2.17. The average Bonchev–Trinajstić information content (AvgIpc) is 2.61. The van der Waals surface area contributed by atoms with Crippen molar-refractivity contribution in [1.29, 1.82) is 0 Å². The summed E-state index contributed by atoms with van der Waals surface area (Å²) >= 11 is 0. The van der Waals surface area contributed by atoms with Gasteiger partial charge in [0.25, 0.3) is 0 Å². The van der Waals surface area contributed by atoms with E-state index in [9.17, 15) is 31.1 Å². The van der Waals surface area contributed by atoms with Gasteiger partial charge in [0, 0.05) is 6.54 Å². The molecule has 148 valence electrons. The van der Waals surface area contributed by atoms with E-state index in [1.165, 1.54) is 6.07 Å². The van der Waals surface area contributed by atoms with E-state index in [1.807, 2.05) is 0 Å². The minimum Gasteiger partial charge on any atom is -0.491 e. The number of ether oxygens (including phenoxy) is 1. The van der Waals surface area contributed by atoms with Crippen molar-refractivity contribution in [3.63, 3.8) is 0 Å². The molecule has 2 aromatic carbocycles. The van der Waals surface area contributed by atoms with Crippen LogP contribution in [0.3, 0.4) is 0 Å². The second-order valence-corrected chi connectivity index (χ2v) is 7.28. The molecule has 0 aliphatic heterocycles. The Morgan fingerprint density at radius 3 is 2.30 bits per heavy atom. The summed E-state index contributed by atoms with van der Waals surface area (Å²) in [6, 6.07) is 6.76. The molecule has 2 aromatic rings. The van der Waals surface area contributed by atoms with Gasteiger partial charge in [0.2, 0.25) is 10.0 Å². The van der Waals surface area contributed by atoms with Crippen LogP contribution in [0.4, 0.5) is 17.6 Å². The molecule has 1 unspecified atom stereocenters. The number of halogens is 4. The summed E-state index contributed by atoms with van der Waals surface area (Å²) in [5.74, 6) is -0.954. The summed E-state index contributed by atoms with van der Waals surface area (Å²) in [7, 11) is -4.13. The van der Waals surface area contributed by atoms with Gasteiger partial charge in [-0.2, -0.15) is 13.2 Å². The van der Waals surface area contributed by atoms with E-state index in [0.717, 1.165) is 36.4 Å². The molecular weight excluding hydrogens is 390 g/mol. The first-order chi connectivity index (χ1) is 12.5. The highest BCUT2D eigenvalue weighted by atomic mass is 32.2. The van der Waals surface area contributed by atoms with Gasteiger partial charge in [-0.25, -0.2) is 17.5 Å². The summed E-state index contributed by atoms with van der Waals surface area (Å²) in [5.41, 5.74) is -0.785. The molecule has 27 heavy (non-hydrogen) atoms. The fourth-order valence-corrected chi connectivity index (χ4v) is 3.26. The van der Waals surface area contributed by atoms with Gasteiger partial charge in [0.05, 0.1) is 23.2 Å². The highest BCUT2D eigenvalue weighted by molar-refractivity contribution is 7.89. The lowest BCUT2D eigenvalue weighted by molar-refractivity contribution is -0.137. The fraction of sp³-hybridized carbons (Fsp3) is 0.294. The molecule has 2 N–H and O–H groups in total. The maximum absolute atomic E-state index is 13.8. The molecule has 0 radical (unpaired) electrons. The molecule has 0 spiro atoms. The highest BCUT2D eigenvalue weighted by Gasteiger charge is 2.30. The molecule has 0 amide bonds. The van der Waals surface area contributed by atoms with Crippen molar-refractivity contribution in [2.45, 2.75) is 24.1 Å². The Kier molecular flexibility index (Phi) is 6.45. The highest BCUT2D eigenvalue weighted by Crippen LogP contribution is 2.30. The first-order valence-corrected chi connectivity index (χ1v) is 9.30. The maximum Gasteiger partial charge on any atom is 0.416 e. The molecule has 2 rings (SSSR count). The van der Waals surface area contributed by atoms with E-state index < -0.39 is 40.2 Å². The minimum absolute atomic E-state index is 0.0961. The van der Waals surface area contributed by atoms with E-state index in [-0.39, 0.29) is 22.8 Å². The monoisotopic (exact) mass is 407 g/mol. The van der Waals surface area contributed by atoms with Gasteiger partial charge in [0.15, 0.2) is 11.6 Å². The second-order valence-electron chi connectivity index (χ2n) is 5.51. The van der Waals surface area contributed by atoms with Gasteiger partial charge >= 0.3 is 6.18 Å². The maximum atomic E-state index is 13.8. The molecule has 10 heteroatoms. The van der Waals surface area contributed by atoms with Crippen molar-refractivity contribution in [2.75, 3.05) is 13.2 Å². The first kappa shape index (κ1) is 21.1. The summed E-state index contributed by atoms with van der Waals surface area (Å²) in [6.07, 6.45) is -5.89. The van der Waals surface area contributed by atoms with Gasteiger partial charge in [-0.3, -0.25) is 0 Å². The van der Waals surface area contributed by atoms with Gasteiger partial charge in [-0.15, -0.1) is 0 Å². The van der Waals surface area contributed by atoms with Gasteiger partial charge < -0.3 is 9.84 Å². The van der Waals surface area contributed by atoms with Crippen molar-refractivity contribution in [3.8, 4) is 5.75 Å². The predicted octanol–water partition coefficient (Wildman–Crippen LogP) is 3.26. The molecule has 1 atom stereocenters. The molecule has 0 bridgehead atoms. The Bertz CT molecular complexity index is 883. The lowest BCUT2D eigenvalue weighted by Crippen LogP contribution is -2.28. The van der Waals surface area contributed by atoms with E-state index in [4.69, 9.17) is 4.74 Å². The summed E-state index contributed by atoms with van der Waals surface area (Å²) < 4.78 is 82.9. The largest absolute Gasteiger partial charge is 0.491 e. The number of aliphatic hydroxyl groups is 1. The lowest BCUT2D eigenvalue weighted by Gasteiger charge is -2.14. The van der Waals surface area contributed by atoms with Crippen molar-refractivity contribution in [1.82, 2.24) is 4.72 Å². The number of nitrogens with one attached hydrogen (secondary N) is 1. The third-order valence-electron chi connectivity index (χ3n) is 3.60. The molecule has 5 nitrogen and oxygen atoms in total. The van der Waals surface area contributed by atoms with Crippen LogP contribution in [0.15, 0.2) is 47.4 Å². The summed E-state index contributed by atoms with van der Waals surface area (Å²) in [6.45, 7) is 1.36. The summed E-state index contributed by atoms with van der Waals surface area (Å²) in [5, 5.41) is 9.99. The van der Waals surface area contributed by atoms with Gasteiger partial charge in [-0.1, -0.05) is 12.1 Å². The third kappa shape index (κ3) is 5.41. The number of hydrogen-bond acceptors (Lipinski definition) is 4. The van der Waals surface area contributed by atoms with E-state index in [0.29, 0.717) is 0 Å².